The van der Waals surface area contributed by atoms with E-state index in [1.807, 2.05) is 73.7 Å². The van der Waals surface area contributed by atoms with Gasteiger partial charge in [0.05, 0.1) is 5.92 Å². The van der Waals surface area contributed by atoms with Crippen molar-refractivity contribution in [2.75, 3.05) is 0 Å². The summed E-state index contributed by atoms with van der Waals surface area (Å²) in [5, 5.41) is 12.3. The van der Waals surface area contributed by atoms with Gasteiger partial charge in [0.2, 0.25) is 5.54 Å². The predicted octanol–water partition coefficient (Wildman–Crippen LogP) is 5.59. The molecule has 0 radical (unpaired) electrons. The zero-order valence-electron chi connectivity index (χ0n) is 16.5. The van der Waals surface area contributed by atoms with Crippen LogP contribution in [-0.2, 0) is 4.79 Å². The molecule has 0 fully saturated rings. The van der Waals surface area contributed by atoms with E-state index >= 15 is 0 Å². The maximum atomic E-state index is 12.8. The molecule has 1 aliphatic rings. The van der Waals surface area contributed by atoms with Crippen molar-refractivity contribution in [3.8, 4) is 0 Å². The minimum Gasteiger partial charge on any atom is -0.295 e. The Kier molecular flexibility index (Phi) is 5.59. The second-order valence-electron chi connectivity index (χ2n) is 7.52. The third kappa shape index (κ3) is 3.55. The van der Waals surface area contributed by atoms with E-state index in [1.165, 1.54) is 6.92 Å². The van der Waals surface area contributed by atoms with Crippen LogP contribution < -0.4 is 0 Å². The van der Waals surface area contributed by atoms with Crippen LogP contribution in [0.5, 0.6) is 0 Å². The van der Waals surface area contributed by atoms with Gasteiger partial charge in [-0.2, -0.15) is 0 Å². The van der Waals surface area contributed by atoms with Crippen molar-refractivity contribution in [2.45, 2.75) is 45.1 Å². The highest BCUT2D eigenvalue weighted by Gasteiger charge is 2.53. The highest BCUT2D eigenvalue weighted by molar-refractivity contribution is 5.97. The number of hydrogen-bond acceptors (Lipinski definition) is 3. The average Bonchev–Trinajstić information content (AvgIpc) is 2.68. The Balaban J connectivity index is 2.30. The second-order valence-corrected chi connectivity index (χ2v) is 7.52. The third-order valence-corrected chi connectivity index (χ3v) is 5.59. The Morgan fingerprint density at radius 2 is 1.71 bits per heavy atom. The largest absolute Gasteiger partial charge is 0.295 e. The topological polar surface area (TPSA) is 60.2 Å². The molecule has 4 heteroatoms. The Labute approximate surface area is 165 Å². The van der Waals surface area contributed by atoms with Crippen molar-refractivity contribution >= 4 is 11.9 Å². The molecular weight excluding hydrogens is 350 g/mol. The minimum absolute atomic E-state index is 0.0996. The number of benzene rings is 2. The number of carbonyl (C=O) groups excluding carboxylic acids is 1. The van der Waals surface area contributed by atoms with Crippen LogP contribution in [0.25, 0.3) is 6.08 Å². The van der Waals surface area contributed by atoms with Gasteiger partial charge in [0.15, 0.2) is 5.78 Å². The lowest BCUT2D eigenvalue weighted by Gasteiger charge is -2.38. The van der Waals surface area contributed by atoms with E-state index in [9.17, 15) is 14.9 Å². The van der Waals surface area contributed by atoms with Crippen LogP contribution in [0.1, 0.15) is 50.7 Å². The molecule has 0 N–H and O–H groups in total. The first-order chi connectivity index (χ1) is 13.4. The lowest BCUT2D eigenvalue weighted by Crippen LogP contribution is -2.46. The van der Waals surface area contributed by atoms with Crippen LogP contribution in [0.3, 0.4) is 0 Å². The SMILES string of the molecule is CCC1=C(C(C)=O)C(c2ccccc2)C(C)([N+](=O)[O-])C/C1=C/c1ccccc1. The molecule has 0 saturated carbocycles. The van der Waals surface area contributed by atoms with Gasteiger partial charge in [0.25, 0.3) is 0 Å². The van der Waals surface area contributed by atoms with Gasteiger partial charge >= 0.3 is 0 Å². The van der Waals surface area contributed by atoms with Gasteiger partial charge < -0.3 is 0 Å². The first-order valence-corrected chi connectivity index (χ1v) is 9.58. The Bertz CT molecular complexity index is 944. The molecule has 0 heterocycles. The number of allylic oxidation sites excluding steroid dienone is 1. The van der Waals surface area contributed by atoms with Crippen molar-refractivity contribution in [1.29, 1.82) is 0 Å². The van der Waals surface area contributed by atoms with Crippen molar-refractivity contribution in [2.24, 2.45) is 0 Å². The average molecular weight is 375 g/mol. The lowest BCUT2D eigenvalue weighted by molar-refractivity contribution is -0.568. The first kappa shape index (κ1) is 19.7. The van der Waals surface area contributed by atoms with Crippen molar-refractivity contribution < 1.29 is 9.72 Å². The van der Waals surface area contributed by atoms with Crippen LogP contribution in [0, 0.1) is 10.1 Å². The Morgan fingerprint density at radius 3 is 2.21 bits per heavy atom. The van der Waals surface area contributed by atoms with Crippen LogP contribution in [0.4, 0.5) is 0 Å². The van der Waals surface area contributed by atoms with E-state index in [0.717, 1.165) is 22.3 Å². The van der Waals surface area contributed by atoms with E-state index in [1.54, 1.807) is 6.92 Å². The number of carbonyl (C=O) groups is 1. The maximum Gasteiger partial charge on any atom is 0.234 e. The number of nitro groups is 1. The molecule has 0 aromatic heterocycles. The smallest absolute Gasteiger partial charge is 0.234 e. The van der Waals surface area contributed by atoms with E-state index in [0.29, 0.717) is 12.0 Å². The maximum absolute atomic E-state index is 12.8. The molecule has 144 valence electrons. The molecule has 4 nitrogen and oxygen atoms in total. The fourth-order valence-corrected chi connectivity index (χ4v) is 4.32. The van der Waals surface area contributed by atoms with Gasteiger partial charge in [-0.25, -0.2) is 0 Å². The molecule has 2 atom stereocenters. The quantitative estimate of drug-likeness (QED) is 0.506. The van der Waals surface area contributed by atoms with Crippen molar-refractivity contribution in [3.63, 3.8) is 0 Å². The Hall–Kier alpha value is -3.01. The fourth-order valence-electron chi connectivity index (χ4n) is 4.32. The fraction of sp³-hybridized carbons (Fsp3) is 0.292. The molecule has 1 aliphatic carbocycles. The van der Waals surface area contributed by atoms with Crippen LogP contribution >= 0.6 is 0 Å². The van der Waals surface area contributed by atoms with Gasteiger partial charge in [0, 0.05) is 23.8 Å². The summed E-state index contributed by atoms with van der Waals surface area (Å²) in [5.74, 6) is -0.665. The highest BCUT2D eigenvalue weighted by atomic mass is 16.6. The Morgan fingerprint density at radius 1 is 1.14 bits per heavy atom. The summed E-state index contributed by atoms with van der Waals surface area (Å²) in [6, 6.07) is 19.2. The zero-order valence-corrected chi connectivity index (χ0v) is 16.5. The second kappa shape index (κ2) is 7.93. The summed E-state index contributed by atoms with van der Waals surface area (Å²) in [6.45, 7) is 5.19. The number of rotatable bonds is 5. The van der Waals surface area contributed by atoms with Crippen LogP contribution in [-0.4, -0.2) is 16.2 Å². The molecule has 2 aromatic carbocycles. The summed E-state index contributed by atoms with van der Waals surface area (Å²) in [4.78, 5) is 24.8. The molecule has 0 saturated heterocycles. The van der Waals surface area contributed by atoms with Crippen molar-refractivity contribution in [3.05, 3.63) is 98.6 Å². The molecule has 3 rings (SSSR count). The van der Waals surface area contributed by atoms with Crippen LogP contribution in [0.15, 0.2) is 77.4 Å². The zero-order chi connectivity index (χ0) is 20.3. The summed E-state index contributed by atoms with van der Waals surface area (Å²) >= 11 is 0. The summed E-state index contributed by atoms with van der Waals surface area (Å²) in [6.07, 6.45) is 2.93. The highest BCUT2D eigenvalue weighted by Crippen LogP contribution is 2.49. The van der Waals surface area contributed by atoms with Crippen molar-refractivity contribution in [1.82, 2.24) is 0 Å². The lowest BCUT2D eigenvalue weighted by atomic mass is 9.64. The van der Waals surface area contributed by atoms with Gasteiger partial charge in [-0.1, -0.05) is 73.7 Å². The van der Waals surface area contributed by atoms with Gasteiger partial charge in [-0.15, -0.1) is 0 Å². The monoisotopic (exact) mass is 375 g/mol. The molecule has 28 heavy (non-hydrogen) atoms. The molecule has 0 bridgehead atoms. The number of Topliss-reactive ketones (excluding diaryl/α,β-unsaturated/α-hetero) is 1. The molecule has 0 spiro atoms. The molecule has 2 aromatic rings. The van der Waals surface area contributed by atoms with E-state index in [-0.39, 0.29) is 17.1 Å². The summed E-state index contributed by atoms with van der Waals surface area (Å²) in [7, 11) is 0. The van der Waals surface area contributed by atoms with Gasteiger partial charge in [0.1, 0.15) is 0 Å². The molecular formula is C24H25NO3. The molecule has 2 unspecified atom stereocenters. The third-order valence-electron chi connectivity index (χ3n) is 5.59. The standard InChI is InChI=1S/C24H25NO3/c1-4-21-20(15-18-11-7-5-8-12-18)16-24(3,25(27)28)23(22(21)17(2)26)19-13-9-6-10-14-19/h5-15,23H,4,16H2,1-3H3/b20-15-. The van der Waals surface area contributed by atoms with E-state index < -0.39 is 11.5 Å². The summed E-state index contributed by atoms with van der Waals surface area (Å²) in [5.41, 5.74) is 2.89. The first-order valence-electron chi connectivity index (χ1n) is 9.58. The number of ketones is 1. The normalized spacial score (nSPS) is 23.7. The number of nitrogens with zero attached hydrogens (tertiary/aromatic N) is 1. The minimum atomic E-state index is -1.29. The van der Waals surface area contributed by atoms with Gasteiger partial charge in [-0.05, 0) is 35.6 Å². The van der Waals surface area contributed by atoms with E-state index in [4.69, 9.17) is 0 Å². The summed E-state index contributed by atoms with van der Waals surface area (Å²) < 4.78 is 0. The van der Waals surface area contributed by atoms with Gasteiger partial charge in [-0.3, -0.25) is 14.9 Å². The molecule has 0 amide bonds. The van der Waals surface area contributed by atoms with E-state index in [2.05, 4.69) is 0 Å². The predicted molar refractivity (Wildman–Crippen MR) is 112 cm³/mol. The molecule has 0 aliphatic heterocycles. The number of hydrogen-bond donors (Lipinski definition) is 0. The van der Waals surface area contributed by atoms with Crippen LogP contribution in [0.2, 0.25) is 0 Å².